The van der Waals surface area contributed by atoms with Gasteiger partial charge in [-0.2, -0.15) is 0 Å². The van der Waals surface area contributed by atoms with Crippen molar-refractivity contribution in [1.82, 2.24) is 4.90 Å². The molecule has 0 saturated heterocycles. The van der Waals surface area contributed by atoms with Gasteiger partial charge >= 0.3 is 0 Å². The highest BCUT2D eigenvalue weighted by molar-refractivity contribution is 5.91. The van der Waals surface area contributed by atoms with Crippen LogP contribution in [0.2, 0.25) is 0 Å². The molecule has 27 heavy (non-hydrogen) atoms. The Labute approximate surface area is 160 Å². The number of amides is 1. The molecule has 1 aliphatic rings. The second-order valence-electron chi connectivity index (χ2n) is 6.34. The van der Waals surface area contributed by atoms with Crippen LogP contribution in [0.15, 0.2) is 42.5 Å². The Balaban J connectivity index is 1.69. The van der Waals surface area contributed by atoms with Crippen molar-refractivity contribution < 1.29 is 19.0 Å². The standard InChI is InChI=1S/C22H25NO4/c1-4-23(15-17-6-9-20(25-2)21(14-17)26-3)22(24)10-7-16-5-8-19-18(13-16)11-12-27-19/h5-10,13-14H,4,11-12,15H2,1-3H3/b10-7+. The Hall–Kier alpha value is -2.95. The molecule has 5 nitrogen and oxygen atoms in total. The van der Waals surface area contributed by atoms with E-state index >= 15 is 0 Å². The fraction of sp³-hybridized carbons (Fsp3) is 0.318. The highest BCUT2D eigenvalue weighted by Gasteiger charge is 2.13. The molecule has 0 spiro atoms. The normalized spacial score (nSPS) is 12.6. The predicted molar refractivity (Wildman–Crippen MR) is 105 cm³/mol. The van der Waals surface area contributed by atoms with E-state index in [2.05, 4.69) is 6.07 Å². The summed E-state index contributed by atoms with van der Waals surface area (Å²) in [5.41, 5.74) is 3.20. The number of carbonyl (C=O) groups is 1. The number of methoxy groups -OCH3 is 2. The maximum Gasteiger partial charge on any atom is 0.246 e. The van der Waals surface area contributed by atoms with Gasteiger partial charge in [-0.1, -0.05) is 12.1 Å². The van der Waals surface area contributed by atoms with Crippen molar-refractivity contribution in [3.63, 3.8) is 0 Å². The van der Waals surface area contributed by atoms with Gasteiger partial charge < -0.3 is 19.1 Å². The Morgan fingerprint density at radius 2 is 1.96 bits per heavy atom. The summed E-state index contributed by atoms with van der Waals surface area (Å²) in [6.07, 6.45) is 4.41. The van der Waals surface area contributed by atoms with E-state index in [0.29, 0.717) is 24.6 Å². The number of hydrogen-bond donors (Lipinski definition) is 0. The summed E-state index contributed by atoms with van der Waals surface area (Å²) in [4.78, 5) is 14.4. The van der Waals surface area contributed by atoms with Crippen molar-refractivity contribution in [2.24, 2.45) is 0 Å². The van der Waals surface area contributed by atoms with Crippen molar-refractivity contribution in [3.05, 3.63) is 59.2 Å². The molecule has 2 aromatic rings. The maximum atomic E-state index is 12.6. The van der Waals surface area contributed by atoms with Gasteiger partial charge in [-0.05, 0) is 54.0 Å². The Kier molecular flexibility index (Phi) is 6.01. The number of fused-ring (bicyclic) bond motifs is 1. The quantitative estimate of drug-likeness (QED) is 0.700. The zero-order chi connectivity index (χ0) is 19.2. The van der Waals surface area contributed by atoms with Crippen LogP contribution in [0.1, 0.15) is 23.6 Å². The molecule has 0 atom stereocenters. The second-order valence-corrected chi connectivity index (χ2v) is 6.34. The average molecular weight is 367 g/mol. The highest BCUT2D eigenvalue weighted by atomic mass is 16.5. The first-order chi connectivity index (χ1) is 13.1. The van der Waals surface area contributed by atoms with Crippen LogP contribution in [-0.2, 0) is 17.8 Å². The molecule has 142 valence electrons. The first kappa shape index (κ1) is 18.8. The van der Waals surface area contributed by atoms with E-state index in [1.165, 1.54) is 5.56 Å². The van der Waals surface area contributed by atoms with Gasteiger partial charge in [0.15, 0.2) is 11.5 Å². The van der Waals surface area contributed by atoms with Crippen molar-refractivity contribution in [1.29, 1.82) is 0 Å². The van der Waals surface area contributed by atoms with E-state index in [4.69, 9.17) is 14.2 Å². The first-order valence-electron chi connectivity index (χ1n) is 9.08. The molecule has 0 unspecified atom stereocenters. The number of hydrogen-bond acceptors (Lipinski definition) is 4. The Bertz CT molecular complexity index is 844. The van der Waals surface area contributed by atoms with Crippen molar-refractivity contribution >= 4 is 12.0 Å². The fourth-order valence-corrected chi connectivity index (χ4v) is 3.13. The van der Waals surface area contributed by atoms with Gasteiger partial charge in [0, 0.05) is 25.6 Å². The summed E-state index contributed by atoms with van der Waals surface area (Å²) >= 11 is 0. The van der Waals surface area contributed by atoms with E-state index in [1.807, 2.05) is 43.3 Å². The molecule has 0 aromatic heterocycles. The SMILES string of the molecule is CCN(Cc1ccc(OC)c(OC)c1)C(=O)/C=C/c1ccc2c(c1)CCO2. The van der Waals surface area contributed by atoms with Crippen LogP contribution >= 0.6 is 0 Å². The third-order valence-corrected chi connectivity index (χ3v) is 4.65. The zero-order valence-corrected chi connectivity index (χ0v) is 16.0. The van der Waals surface area contributed by atoms with Gasteiger partial charge in [-0.3, -0.25) is 4.79 Å². The van der Waals surface area contributed by atoms with Crippen LogP contribution in [-0.4, -0.2) is 38.2 Å². The minimum atomic E-state index is -0.0240. The minimum absolute atomic E-state index is 0.0240. The minimum Gasteiger partial charge on any atom is -0.493 e. The van der Waals surface area contributed by atoms with Gasteiger partial charge in [0.2, 0.25) is 5.91 Å². The lowest BCUT2D eigenvalue weighted by Gasteiger charge is -2.20. The van der Waals surface area contributed by atoms with Gasteiger partial charge in [0.05, 0.1) is 20.8 Å². The van der Waals surface area contributed by atoms with Crippen LogP contribution in [0.25, 0.3) is 6.08 Å². The number of likely N-dealkylation sites (N-methyl/N-ethyl adjacent to an activating group) is 1. The average Bonchev–Trinajstić information content (AvgIpc) is 3.17. The van der Waals surface area contributed by atoms with Crippen molar-refractivity contribution in [2.75, 3.05) is 27.4 Å². The summed E-state index contributed by atoms with van der Waals surface area (Å²) in [6.45, 7) is 3.84. The lowest BCUT2D eigenvalue weighted by Crippen LogP contribution is -2.28. The Morgan fingerprint density at radius 3 is 2.70 bits per heavy atom. The first-order valence-corrected chi connectivity index (χ1v) is 9.08. The van der Waals surface area contributed by atoms with E-state index < -0.39 is 0 Å². The lowest BCUT2D eigenvalue weighted by molar-refractivity contribution is -0.126. The smallest absolute Gasteiger partial charge is 0.246 e. The molecule has 5 heteroatoms. The molecule has 0 aliphatic carbocycles. The van der Waals surface area contributed by atoms with E-state index in [1.54, 1.807) is 25.2 Å². The number of carbonyl (C=O) groups excluding carboxylic acids is 1. The molecule has 1 aliphatic heterocycles. The van der Waals surface area contributed by atoms with Gasteiger partial charge in [0.1, 0.15) is 5.75 Å². The molecule has 2 aromatic carbocycles. The summed E-state index contributed by atoms with van der Waals surface area (Å²) in [5, 5.41) is 0. The summed E-state index contributed by atoms with van der Waals surface area (Å²) in [6, 6.07) is 11.7. The number of nitrogens with zero attached hydrogens (tertiary/aromatic N) is 1. The van der Waals surface area contributed by atoms with E-state index in [9.17, 15) is 4.79 Å². The maximum absolute atomic E-state index is 12.6. The molecule has 0 radical (unpaired) electrons. The molecular weight excluding hydrogens is 342 g/mol. The van der Waals surface area contributed by atoms with E-state index in [0.717, 1.165) is 29.9 Å². The van der Waals surface area contributed by atoms with Crippen LogP contribution in [0, 0.1) is 0 Å². The van der Waals surface area contributed by atoms with Crippen molar-refractivity contribution in [3.8, 4) is 17.2 Å². The lowest BCUT2D eigenvalue weighted by atomic mass is 10.1. The highest BCUT2D eigenvalue weighted by Crippen LogP contribution is 2.28. The van der Waals surface area contributed by atoms with Gasteiger partial charge in [0.25, 0.3) is 0 Å². The zero-order valence-electron chi connectivity index (χ0n) is 16.0. The van der Waals surface area contributed by atoms with E-state index in [-0.39, 0.29) is 5.91 Å². The summed E-state index contributed by atoms with van der Waals surface area (Å²) in [5.74, 6) is 2.26. The third-order valence-electron chi connectivity index (χ3n) is 4.65. The summed E-state index contributed by atoms with van der Waals surface area (Å²) < 4.78 is 16.1. The Morgan fingerprint density at radius 1 is 1.15 bits per heavy atom. The molecule has 0 N–H and O–H groups in total. The van der Waals surface area contributed by atoms with Crippen molar-refractivity contribution in [2.45, 2.75) is 19.9 Å². The molecule has 1 heterocycles. The van der Waals surface area contributed by atoms with Crippen LogP contribution in [0.4, 0.5) is 0 Å². The predicted octanol–water partition coefficient (Wildman–Crippen LogP) is 3.70. The largest absolute Gasteiger partial charge is 0.493 e. The number of rotatable bonds is 7. The number of ether oxygens (including phenoxy) is 3. The van der Waals surface area contributed by atoms with Crippen LogP contribution in [0.3, 0.4) is 0 Å². The topological polar surface area (TPSA) is 48.0 Å². The van der Waals surface area contributed by atoms with Crippen LogP contribution in [0.5, 0.6) is 17.2 Å². The third kappa shape index (κ3) is 4.42. The fourth-order valence-electron chi connectivity index (χ4n) is 3.13. The van der Waals surface area contributed by atoms with Gasteiger partial charge in [-0.25, -0.2) is 0 Å². The molecule has 0 bridgehead atoms. The van der Waals surface area contributed by atoms with Crippen LogP contribution < -0.4 is 14.2 Å². The molecule has 3 rings (SSSR count). The molecule has 1 amide bonds. The number of benzene rings is 2. The van der Waals surface area contributed by atoms with Gasteiger partial charge in [-0.15, -0.1) is 0 Å². The summed E-state index contributed by atoms with van der Waals surface area (Å²) in [7, 11) is 3.21. The molecule has 0 fully saturated rings. The monoisotopic (exact) mass is 367 g/mol. The second kappa shape index (κ2) is 8.62. The molecule has 0 saturated carbocycles. The molecular formula is C22H25NO4.